The normalized spacial score (nSPS) is 11.0. The highest BCUT2D eigenvalue weighted by Gasteiger charge is 2.14. The van der Waals surface area contributed by atoms with Crippen LogP contribution in [0.4, 0.5) is 22.7 Å². The van der Waals surface area contributed by atoms with Crippen LogP contribution in [0.15, 0.2) is 120 Å². The summed E-state index contributed by atoms with van der Waals surface area (Å²) in [5, 5.41) is 28.6. The van der Waals surface area contributed by atoms with E-state index >= 15 is 0 Å². The van der Waals surface area contributed by atoms with Crippen LogP contribution in [0.1, 0.15) is 0 Å². The summed E-state index contributed by atoms with van der Waals surface area (Å²) in [6.07, 6.45) is 0. The van der Waals surface area contributed by atoms with Gasteiger partial charge in [-0.3, -0.25) is 29.8 Å². The number of anilines is 2. The SMILES string of the molecule is O=C(CSc1nc2ccc([N+](=O)[O-])cc2[nH]1)Nc1ccc(Oc2cccc(Oc3ccc(NC(=O)CSc4nc5ccc([N+](=O)[O-])cc5[nH]4)cc3)c2)cc1. The van der Waals surface area contributed by atoms with Crippen LogP contribution >= 0.6 is 23.5 Å². The molecule has 54 heavy (non-hydrogen) atoms. The van der Waals surface area contributed by atoms with Crippen LogP contribution in [0, 0.1) is 20.2 Å². The number of aromatic nitrogens is 4. The van der Waals surface area contributed by atoms with Crippen molar-refractivity contribution < 1.29 is 28.9 Å². The Morgan fingerprint density at radius 1 is 0.593 bits per heavy atom. The minimum Gasteiger partial charge on any atom is -0.457 e. The molecule has 2 heterocycles. The quantitative estimate of drug-likeness (QED) is 0.0467. The number of hydrogen-bond donors (Lipinski definition) is 4. The van der Waals surface area contributed by atoms with Gasteiger partial charge in [0, 0.05) is 41.7 Å². The van der Waals surface area contributed by atoms with E-state index in [4.69, 9.17) is 9.47 Å². The van der Waals surface area contributed by atoms with Crippen molar-refractivity contribution in [2.24, 2.45) is 0 Å². The molecule has 0 radical (unpaired) electrons. The number of non-ortho nitro benzene ring substituents is 2. The number of nitrogens with zero attached hydrogens (tertiary/aromatic N) is 4. The molecule has 7 aromatic rings. The molecule has 18 heteroatoms. The summed E-state index contributed by atoms with van der Waals surface area (Å²) in [5.41, 5.74) is 3.24. The fourth-order valence-electron chi connectivity index (χ4n) is 5.06. The molecule has 0 spiro atoms. The molecule has 7 rings (SSSR count). The maximum Gasteiger partial charge on any atom is 0.271 e. The van der Waals surface area contributed by atoms with Crippen molar-refractivity contribution in [1.82, 2.24) is 19.9 Å². The van der Waals surface area contributed by atoms with Crippen LogP contribution in [0.2, 0.25) is 0 Å². The lowest BCUT2D eigenvalue weighted by Crippen LogP contribution is -2.14. The second kappa shape index (κ2) is 15.8. The van der Waals surface area contributed by atoms with Gasteiger partial charge < -0.3 is 30.1 Å². The van der Waals surface area contributed by atoms with E-state index in [1.165, 1.54) is 47.8 Å². The Hall–Kier alpha value is -6.92. The van der Waals surface area contributed by atoms with Gasteiger partial charge >= 0.3 is 0 Å². The summed E-state index contributed by atoms with van der Waals surface area (Å²) in [6.45, 7) is 0. The average Bonchev–Trinajstić information content (AvgIpc) is 3.78. The van der Waals surface area contributed by atoms with Crippen molar-refractivity contribution in [3.05, 3.63) is 129 Å². The number of fused-ring (bicyclic) bond motifs is 2. The maximum atomic E-state index is 12.6. The van der Waals surface area contributed by atoms with Crippen LogP contribution in [-0.4, -0.2) is 53.1 Å². The number of ether oxygens (including phenoxy) is 2. The second-order valence-corrected chi connectivity index (χ2v) is 13.3. The Balaban J connectivity index is 0.862. The van der Waals surface area contributed by atoms with Gasteiger partial charge in [-0.25, -0.2) is 9.97 Å². The topological polar surface area (TPSA) is 220 Å². The standard InChI is InChI=1S/C36H26N8O8S2/c45-33(19-53-35-39-29-14-8-23(43(47)48)16-31(29)41-35)37-21-4-10-25(11-5-21)51-27-2-1-3-28(18-27)52-26-12-6-22(7-13-26)38-34(46)20-54-36-40-30-15-9-24(44(49)50)17-32(30)42-36/h1-18H,19-20H2,(H,37,45)(H,38,46)(H,39,41)(H,40,42). The number of rotatable bonds is 14. The number of carbonyl (C=O) groups is 2. The molecule has 5 aromatic carbocycles. The Morgan fingerprint density at radius 2 is 1.02 bits per heavy atom. The highest BCUT2D eigenvalue weighted by Crippen LogP contribution is 2.30. The molecule has 0 aliphatic heterocycles. The van der Waals surface area contributed by atoms with E-state index in [0.29, 0.717) is 66.8 Å². The van der Waals surface area contributed by atoms with Gasteiger partial charge in [0.25, 0.3) is 11.4 Å². The first kappa shape index (κ1) is 35.5. The molecule has 270 valence electrons. The Bertz CT molecular complexity index is 2350. The van der Waals surface area contributed by atoms with Crippen molar-refractivity contribution in [1.29, 1.82) is 0 Å². The van der Waals surface area contributed by atoms with Crippen molar-refractivity contribution in [2.45, 2.75) is 10.3 Å². The number of nitro benzene ring substituents is 2. The van der Waals surface area contributed by atoms with E-state index in [2.05, 4.69) is 30.6 Å². The maximum absolute atomic E-state index is 12.6. The third-order valence-electron chi connectivity index (χ3n) is 7.54. The first-order valence-electron chi connectivity index (χ1n) is 15.9. The van der Waals surface area contributed by atoms with Crippen molar-refractivity contribution in [3.8, 4) is 23.0 Å². The zero-order valence-electron chi connectivity index (χ0n) is 27.7. The summed E-state index contributed by atoms with van der Waals surface area (Å²) in [7, 11) is 0. The number of carbonyl (C=O) groups excluding carboxylic acids is 2. The third-order valence-corrected chi connectivity index (χ3v) is 9.29. The second-order valence-electron chi connectivity index (χ2n) is 11.4. The molecule has 2 aromatic heterocycles. The number of nitro groups is 2. The van der Waals surface area contributed by atoms with Gasteiger partial charge in [0.05, 0.1) is 43.4 Å². The molecule has 2 amide bonds. The summed E-state index contributed by atoms with van der Waals surface area (Å²) in [5.74, 6) is 1.78. The summed E-state index contributed by atoms with van der Waals surface area (Å²) in [6, 6.07) is 29.5. The number of amides is 2. The van der Waals surface area contributed by atoms with Gasteiger partial charge in [0.1, 0.15) is 23.0 Å². The average molecular weight is 763 g/mol. The zero-order chi connectivity index (χ0) is 37.6. The fraction of sp³-hybridized carbons (Fsp3) is 0.0556. The summed E-state index contributed by atoms with van der Waals surface area (Å²) in [4.78, 5) is 60.9. The van der Waals surface area contributed by atoms with Crippen LogP contribution in [-0.2, 0) is 9.59 Å². The molecule has 0 saturated carbocycles. The fourth-order valence-corrected chi connectivity index (χ4v) is 6.43. The lowest BCUT2D eigenvalue weighted by Gasteiger charge is -2.11. The first-order valence-corrected chi connectivity index (χ1v) is 17.9. The van der Waals surface area contributed by atoms with Gasteiger partial charge in [0.2, 0.25) is 11.8 Å². The Morgan fingerprint density at radius 3 is 1.43 bits per heavy atom. The Labute approximate surface area is 313 Å². The Kier molecular flexibility index (Phi) is 10.4. The molecule has 0 unspecified atom stereocenters. The predicted octanol–water partition coefficient (Wildman–Crippen LogP) is 8.30. The highest BCUT2D eigenvalue weighted by molar-refractivity contribution is 8.00. The van der Waals surface area contributed by atoms with Crippen LogP contribution in [0.5, 0.6) is 23.0 Å². The number of hydrogen-bond acceptors (Lipinski definition) is 12. The molecule has 4 N–H and O–H groups in total. The molecule has 0 aliphatic rings. The summed E-state index contributed by atoms with van der Waals surface area (Å²) < 4.78 is 12.0. The lowest BCUT2D eigenvalue weighted by atomic mass is 10.2. The number of thioether (sulfide) groups is 2. The van der Waals surface area contributed by atoms with E-state index in [9.17, 15) is 29.8 Å². The molecule has 0 atom stereocenters. The van der Waals surface area contributed by atoms with Gasteiger partial charge in [-0.15, -0.1) is 0 Å². The molecule has 0 aliphatic carbocycles. The molecular formula is C36H26N8O8S2. The van der Waals surface area contributed by atoms with Crippen LogP contribution in [0.3, 0.4) is 0 Å². The summed E-state index contributed by atoms with van der Waals surface area (Å²) >= 11 is 2.36. The minimum absolute atomic E-state index is 0.0455. The predicted molar refractivity (Wildman–Crippen MR) is 204 cm³/mol. The molecular weight excluding hydrogens is 737 g/mol. The largest absolute Gasteiger partial charge is 0.457 e. The third kappa shape index (κ3) is 8.92. The van der Waals surface area contributed by atoms with Gasteiger partial charge in [-0.2, -0.15) is 0 Å². The number of aromatic amines is 2. The van der Waals surface area contributed by atoms with Gasteiger partial charge in [0.15, 0.2) is 10.3 Å². The van der Waals surface area contributed by atoms with E-state index < -0.39 is 9.85 Å². The molecule has 0 saturated heterocycles. The number of H-pyrrole nitrogens is 2. The smallest absolute Gasteiger partial charge is 0.271 e. The number of nitrogens with one attached hydrogen (secondary N) is 4. The highest BCUT2D eigenvalue weighted by atomic mass is 32.2. The molecule has 16 nitrogen and oxygen atoms in total. The van der Waals surface area contributed by atoms with Crippen molar-refractivity contribution in [3.63, 3.8) is 0 Å². The molecule has 0 bridgehead atoms. The van der Waals surface area contributed by atoms with E-state index in [1.807, 2.05) is 0 Å². The van der Waals surface area contributed by atoms with E-state index in [1.54, 1.807) is 84.9 Å². The first-order chi connectivity index (χ1) is 26.1. The zero-order valence-corrected chi connectivity index (χ0v) is 29.3. The van der Waals surface area contributed by atoms with Crippen LogP contribution in [0.25, 0.3) is 22.1 Å². The molecule has 0 fully saturated rings. The number of imidazole rings is 2. The minimum atomic E-state index is -0.479. The van der Waals surface area contributed by atoms with Crippen molar-refractivity contribution in [2.75, 3.05) is 22.1 Å². The van der Waals surface area contributed by atoms with E-state index in [0.717, 1.165) is 0 Å². The van der Waals surface area contributed by atoms with Crippen LogP contribution < -0.4 is 20.1 Å². The lowest BCUT2D eigenvalue weighted by molar-refractivity contribution is -0.384. The monoisotopic (exact) mass is 762 g/mol. The number of benzene rings is 5. The van der Waals surface area contributed by atoms with E-state index in [-0.39, 0.29) is 34.7 Å². The van der Waals surface area contributed by atoms with Gasteiger partial charge in [-0.05, 0) is 72.8 Å². The van der Waals surface area contributed by atoms with Crippen molar-refractivity contribution >= 4 is 80.2 Å². The van der Waals surface area contributed by atoms with Gasteiger partial charge in [-0.1, -0.05) is 29.6 Å².